The second-order valence-electron chi connectivity index (χ2n) is 12.5. The summed E-state index contributed by atoms with van der Waals surface area (Å²) in [5, 5.41) is 16.7. The lowest BCUT2D eigenvalue weighted by Gasteiger charge is -2.37. The molecular formula is C31H41N5O12S2. The van der Waals surface area contributed by atoms with E-state index in [0.29, 0.717) is 17.1 Å². The number of β-lactam (4-membered cyclic amide) rings is 1. The van der Waals surface area contributed by atoms with Crippen molar-refractivity contribution in [1.29, 1.82) is 0 Å². The molecule has 0 unspecified atom stereocenters. The van der Waals surface area contributed by atoms with Gasteiger partial charge in [0.1, 0.15) is 18.3 Å². The van der Waals surface area contributed by atoms with E-state index >= 15 is 0 Å². The highest BCUT2D eigenvalue weighted by Gasteiger charge is 2.46. The molecule has 2 heterocycles. The Balaban J connectivity index is 1.38. The molecule has 17 nitrogen and oxygen atoms in total. The minimum absolute atomic E-state index is 0.00695. The van der Waals surface area contributed by atoms with E-state index in [9.17, 15) is 37.5 Å². The number of nitrogens with zero attached hydrogens (tertiary/aromatic N) is 3. The number of aliphatic carboxylic acids is 1. The van der Waals surface area contributed by atoms with E-state index in [1.807, 2.05) is 30.3 Å². The monoisotopic (exact) mass is 739 g/mol. The number of amides is 2. The highest BCUT2D eigenvalue weighted by Crippen LogP contribution is 2.25. The number of thiazole rings is 1. The zero-order chi connectivity index (χ0) is 37.1. The smallest absolute Gasteiger partial charge is 0.364 e. The summed E-state index contributed by atoms with van der Waals surface area (Å²) in [7, 11) is -4.53. The number of ether oxygens (including phenoxy) is 2. The number of nitrogens with two attached hydrogens (primary N) is 1. The Morgan fingerprint density at radius 3 is 2.30 bits per heavy atom. The zero-order valence-corrected chi connectivity index (χ0v) is 29.7. The van der Waals surface area contributed by atoms with Crippen LogP contribution in [0.3, 0.4) is 0 Å². The molecular weight excluding hydrogens is 698 g/mol. The average Bonchev–Trinajstić information content (AvgIpc) is 3.48. The van der Waals surface area contributed by atoms with Gasteiger partial charge in [0.25, 0.3) is 11.8 Å². The quantitative estimate of drug-likeness (QED) is 0.0580. The van der Waals surface area contributed by atoms with E-state index in [0.717, 1.165) is 16.9 Å². The fourth-order valence-electron chi connectivity index (χ4n) is 3.96. The van der Waals surface area contributed by atoms with Crippen molar-refractivity contribution in [3.63, 3.8) is 0 Å². The maximum Gasteiger partial charge on any atom is 0.364 e. The van der Waals surface area contributed by atoms with Crippen LogP contribution < -0.4 is 11.1 Å². The van der Waals surface area contributed by atoms with Gasteiger partial charge >= 0.3 is 28.2 Å². The number of rotatable bonds is 20. The van der Waals surface area contributed by atoms with Crippen molar-refractivity contribution in [3.8, 4) is 0 Å². The lowest BCUT2D eigenvalue weighted by Crippen LogP contribution is -2.66. The van der Waals surface area contributed by atoms with Gasteiger partial charge in [-0.25, -0.2) is 14.1 Å². The number of carboxylic acid groups (broad SMARTS) is 1. The van der Waals surface area contributed by atoms with Gasteiger partial charge in [0.2, 0.25) is 5.60 Å². The first-order valence-corrected chi connectivity index (χ1v) is 17.7. The van der Waals surface area contributed by atoms with Crippen molar-refractivity contribution >= 4 is 62.2 Å². The minimum atomic E-state index is -4.53. The van der Waals surface area contributed by atoms with Crippen molar-refractivity contribution in [2.45, 2.75) is 78.0 Å². The van der Waals surface area contributed by atoms with Gasteiger partial charge in [-0.2, -0.15) is 8.42 Å². The summed E-state index contributed by atoms with van der Waals surface area (Å²) in [4.78, 5) is 70.0. The SMILES string of the molecule is CC(C)(CCOC(=O)CCCCC(=O)OCc1ccccc1)COS(=O)(=O)N1C[C@H](NC(=O)/C(=N/OC(C)(C)C(=O)O)c2csc(N)n2)C1=O. The summed E-state index contributed by atoms with van der Waals surface area (Å²) in [5.41, 5.74) is 3.41. The molecule has 2 amide bonds. The standard InChI is InChI=1S/C31H41N5O12S2/c1-30(2,14-15-45-23(37)12-8-9-13-24(38)46-17-20-10-6-5-7-11-20)19-47-50(43,44)36-16-21(27(36)40)33-26(39)25(22-18-49-29(32)34-22)35-48-31(3,4)28(41)42/h5-7,10-11,18,21H,8-9,12-17,19H2,1-4H3,(H2,32,34)(H,33,39)(H,41,42)/b35-25+/t21-/m0/s1. The van der Waals surface area contributed by atoms with Crippen LogP contribution in [0.4, 0.5) is 5.13 Å². The minimum Gasteiger partial charge on any atom is -0.478 e. The number of hydrogen-bond acceptors (Lipinski definition) is 15. The molecule has 0 radical (unpaired) electrons. The van der Waals surface area contributed by atoms with E-state index in [2.05, 4.69) is 15.5 Å². The Bertz CT molecular complexity index is 1680. The number of unbranched alkanes of at least 4 members (excludes halogenated alkanes) is 1. The van der Waals surface area contributed by atoms with Gasteiger partial charge in [-0.1, -0.05) is 49.3 Å². The average molecular weight is 740 g/mol. The van der Waals surface area contributed by atoms with E-state index in [-0.39, 0.29) is 55.9 Å². The molecule has 4 N–H and O–H groups in total. The Morgan fingerprint density at radius 1 is 1.08 bits per heavy atom. The molecule has 0 saturated carbocycles. The lowest BCUT2D eigenvalue weighted by molar-refractivity contribution is -0.161. The molecule has 0 bridgehead atoms. The molecule has 1 saturated heterocycles. The number of carbonyl (C=O) groups is 5. The molecule has 0 aliphatic carbocycles. The number of nitrogen functional groups attached to an aromatic ring is 1. The molecule has 1 fully saturated rings. The Labute approximate surface area is 293 Å². The summed E-state index contributed by atoms with van der Waals surface area (Å²) >= 11 is 0.976. The number of oxime groups is 1. The van der Waals surface area contributed by atoms with Crippen LogP contribution in [0.2, 0.25) is 0 Å². The maximum absolute atomic E-state index is 13.0. The third kappa shape index (κ3) is 12.1. The molecule has 19 heteroatoms. The number of benzene rings is 1. The number of anilines is 1. The Hall–Kier alpha value is -4.62. The van der Waals surface area contributed by atoms with Gasteiger partial charge in [0.05, 0.1) is 19.8 Å². The highest BCUT2D eigenvalue weighted by atomic mass is 32.2. The number of carboxylic acids is 1. The van der Waals surface area contributed by atoms with Crippen LogP contribution in [0.15, 0.2) is 40.9 Å². The van der Waals surface area contributed by atoms with Crippen molar-refractivity contribution in [1.82, 2.24) is 14.6 Å². The molecule has 1 aromatic heterocycles. The predicted octanol–water partition coefficient (Wildman–Crippen LogP) is 2.16. The second kappa shape index (κ2) is 17.3. The highest BCUT2D eigenvalue weighted by molar-refractivity contribution is 7.85. The van der Waals surface area contributed by atoms with Crippen molar-refractivity contribution in [3.05, 3.63) is 47.0 Å². The summed E-state index contributed by atoms with van der Waals surface area (Å²) in [5.74, 6) is -4.14. The summed E-state index contributed by atoms with van der Waals surface area (Å²) < 4.78 is 41.5. The van der Waals surface area contributed by atoms with Gasteiger partial charge < -0.3 is 30.5 Å². The predicted molar refractivity (Wildman–Crippen MR) is 178 cm³/mol. The lowest BCUT2D eigenvalue weighted by atomic mass is 9.91. The normalized spacial score (nSPS) is 15.2. The van der Waals surface area contributed by atoms with Gasteiger partial charge in [-0.3, -0.25) is 23.4 Å². The van der Waals surface area contributed by atoms with Crippen LogP contribution in [0, 0.1) is 5.41 Å². The first kappa shape index (κ1) is 39.8. The largest absolute Gasteiger partial charge is 0.478 e. The van der Waals surface area contributed by atoms with Crippen molar-refractivity contribution in [2.75, 3.05) is 25.5 Å². The van der Waals surface area contributed by atoms with E-state index in [1.165, 1.54) is 19.2 Å². The second-order valence-corrected chi connectivity index (χ2v) is 14.9. The Morgan fingerprint density at radius 2 is 1.72 bits per heavy atom. The number of esters is 2. The van der Waals surface area contributed by atoms with Gasteiger partial charge in [0, 0.05) is 18.2 Å². The molecule has 0 spiro atoms. The molecule has 1 atom stereocenters. The van der Waals surface area contributed by atoms with Crippen molar-refractivity contribution < 1.29 is 56.0 Å². The van der Waals surface area contributed by atoms with Gasteiger partial charge in [-0.15, -0.1) is 11.3 Å². The van der Waals surface area contributed by atoms with Crippen molar-refractivity contribution in [2.24, 2.45) is 10.6 Å². The summed E-state index contributed by atoms with van der Waals surface area (Å²) in [6.07, 6.45) is 1.40. The zero-order valence-electron chi connectivity index (χ0n) is 28.1. The van der Waals surface area contributed by atoms with Crippen LogP contribution >= 0.6 is 11.3 Å². The molecule has 1 aliphatic rings. The van der Waals surface area contributed by atoms with Crippen LogP contribution in [0.5, 0.6) is 0 Å². The van der Waals surface area contributed by atoms with Gasteiger partial charge in [-0.05, 0) is 44.1 Å². The molecule has 1 aliphatic heterocycles. The van der Waals surface area contributed by atoms with E-state index in [1.54, 1.807) is 13.8 Å². The molecule has 1 aromatic carbocycles. The Kier molecular flexibility index (Phi) is 13.8. The summed E-state index contributed by atoms with van der Waals surface area (Å²) in [6.45, 7) is 5.19. The van der Waals surface area contributed by atoms with Crippen LogP contribution in [0.1, 0.15) is 71.1 Å². The first-order chi connectivity index (χ1) is 23.4. The fraction of sp³-hybridized carbons (Fsp3) is 0.516. The van der Waals surface area contributed by atoms with Crippen LogP contribution in [-0.2, 0) is 59.4 Å². The number of carbonyl (C=O) groups excluding carboxylic acids is 4. The van der Waals surface area contributed by atoms with Gasteiger partial charge in [0.15, 0.2) is 10.8 Å². The number of nitrogens with one attached hydrogen (secondary N) is 1. The first-order valence-electron chi connectivity index (χ1n) is 15.5. The maximum atomic E-state index is 13.0. The molecule has 274 valence electrons. The third-order valence-electron chi connectivity index (χ3n) is 7.22. The third-order valence-corrected chi connectivity index (χ3v) is 9.18. The van der Waals surface area contributed by atoms with Crippen LogP contribution in [0.25, 0.3) is 0 Å². The van der Waals surface area contributed by atoms with Crippen LogP contribution in [-0.4, -0.2) is 89.6 Å². The fourth-order valence-corrected chi connectivity index (χ4v) is 5.78. The molecule has 2 aromatic rings. The molecule has 3 rings (SSSR count). The van der Waals surface area contributed by atoms with E-state index < -0.39 is 63.4 Å². The number of aromatic nitrogens is 1. The summed E-state index contributed by atoms with van der Waals surface area (Å²) in [6, 6.07) is 8.01. The topological polar surface area (TPSA) is 243 Å². The number of hydrogen-bond donors (Lipinski definition) is 3. The molecule has 50 heavy (non-hydrogen) atoms. The van der Waals surface area contributed by atoms with E-state index in [4.69, 9.17) is 24.2 Å².